The molecule has 0 saturated carbocycles. The number of halogens is 1. The Balaban J connectivity index is 2.09. The number of benzene rings is 1. The second-order valence-electron chi connectivity index (χ2n) is 6.36. The molecule has 0 amide bonds. The molecule has 1 aliphatic rings. The predicted octanol–water partition coefficient (Wildman–Crippen LogP) is 2.81. The number of hydrogen-bond acceptors (Lipinski definition) is 3. The Morgan fingerprint density at radius 1 is 1.43 bits per heavy atom. The van der Waals surface area contributed by atoms with E-state index in [0.717, 1.165) is 29.4 Å². The van der Waals surface area contributed by atoms with Gasteiger partial charge in [0.25, 0.3) is 0 Å². The van der Waals surface area contributed by atoms with Crippen LogP contribution in [0.4, 0.5) is 0 Å². The fourth-order valence-corrected chi connectivity index (χ4v) is 4.06. The number of hydrogen-bond donors (Lipinski definition) is 2. The van der Waals surface area contributed by atoms with Crippen LogP contribution in [0.5, 0.6) is 0 Å². The van der Waals surface area contributed by atoms with Crippen molar-refractivity contribution in [3.63, 3.8) is 0 Å². The molecule has 1 aromatic rings. The van der Waals surface area contributed by atoms with Crippen molar-refractivity contribution in [2.45, 2.75) is 44.6 Å². The van der Waals surface area contributed by atoms with Gasteiger partial charge in [-0.3, -0.25) is 0 Å². The van der Waals surface area contributed by atoms with Crippen molar-refractivity contribution in [1.29, 1.82) is 0 Å². The molecule has 0 aromatic heterocycles. The number of sulfonamides is 1. The van der Waals surface area contributed by atoms with Crippen molar-refractivity contribution in [3.8, 4) is 0 Å². The van der Waals surface area contributed by atoms with Gasteiger partial charge in [-0.2, -0.15) is 0 Å². The first-order chi connectivity index (χ1) is 9.72. The first kappa shape index (κ1) is 16.9. The van der Waals surface area contributed by atoms with Crippen LogP contribution < -0.4 is 10.0 Å². The van der Waals surface area contributed by atoms with Crippen LogP contribution in [-0.4, -0.2) is 27.5 Å². The molecule has 1 aliphatic heterocycles. The van der Waals surface area contributed by atoms with E-state index in [2.05, 4.69) is 39.8 Å². The van der Waals surface area contributed by atoms with Gasteiger partial charge in [-0.1, -0.05) is 29.8 Å². The average Bonchev–Trinajstić information content (AvgIpc) is 2.40. The molecular weight excluding hydrogens is 352 g/mol. The summed E-state index contributed by atoms with van der Waals surface area (Å²) >= 11 is 3.39. The molecule has 0 aliphatic carbocycles. The van der Waals surface area contributed by atoms with E-state index in [1.54, 1.807) is 18.2 Å². The van der Waals surface area contributed by atoms with Crippen molar-refractivity contribution < 1.29 is 8.42 Å². The van der Waals surface area contributed by atoms with E-state index in [4.69, 9.17) is 0 Å². The van der Waals surface area contributed by atoms with Crippen molar-refractivity contribution >= 4 is 26.0 Å². The second kappa shape index (κ2) is 6.36. The maximum atomic E-state index is 12.4. The Hall–Kier alpha value is -0.430. The van der Waals surface area contributed by atoms with Crippen LogP contribution in [0.2, 0.25) is 0 Å². The van der Waals surface area contributed by atoms with Gasteiger partial charge >= 0.3 is 0 Å². The smallest absolute Gasteiger partial charge is 0.240 e. The highest BCUT2D eigenvalue weighted by molar-refractivity contribution is 9.10. The van der Waals surface area contributed by atoms with E-state index in [1.807, 2.05) is 6.92 Å². The van der Waals surface area contributed by atoms with E-state index >= 15 is 0 Å². The maximum absolute atomic E-state index is 12.4. The summed E-state index contributed by atoms with van der Waals surface area (Å²) in [4.78, 5) is 0.316. The van der Waals surface area contributed by atoms with Gasteiger partial charge in [0, 0.05) is 17.1 Å². The molecule has 0 spiro atoms. The number of nitrogens with one attached hydrogen (secondary N) is 2. The Kier molecular flexibility index (Phi) is 5.13. The Morgan fingerprint density at radius 2 is 2.14 bits per heavy atom. The third kappa shape index (κ3) is 4.06. The summed E-state index contributed by atoms with van der Waals surface area (Å²) in [6.45, 7) is 7.62. The molecule has 1 aromatic carbocycles. The summed E-state index contributed by atoms with van der Waals surface area (Å²) in [5.41, 5.74) is 1.02. The Labute approximate surface area is 135 Å². The monoisotopic (exact) mass is 374 g/mol. The number of piperidine rings is 1. The van der Waals surface area contributed by atoms with Gasteiger partial charge in [0.2, 0.25) is 10.0 Å². The first-order valence-electron chi connectivity index (χ1n) is 7.21. The standard InChI is InChI=1S/C15H23BrN2O2S/c1-11-9-12(5-6-13(11)16)21(19,20)18-10-14-15(2,3)7-4-8-17-14/h5-6,9,14,17-18H,4,7-8,10H2,1-3H3. The molecule has 21 heavy (non-hydrogen) atoms. The summed E-state index contributed by atoms with van der Waals surface area (Å²) in [5.74, 6) is 0. The van der Waals surface area contributed by atoms with Crippen molar-refractivity contribution in [2.24, 2.45) is 5.41 Å². The number of aryl methyl sites for hydroxylation is 1. The lowest BCUT2D eigenvalue weighted by atomic mass is 9.78. The van der Waals surface area contributed by atoms with E-state index in [-0.39, 0.29) is 11.5 Å². The summed E-state index contributed by atoms with van der Waals surface area (Å²) in [5, 5.41) is 3.42. The zero-order valence-corrected chi connectivity index (χ0v) is 15.1. The zero-order valence-electron chi connectivity index (χ0n) is 12.7. The van der Waals surface area contributed by atoms with Crippen LogP contribution >= 0.6 is 15.9 Å². The Morgan fingerprint density at radius 3 is 2.76 bits per heavy atom. The van der Waals surface area contributed by atoms with Crippen LogP contribution in [0, 0.1) is 12.3 Å². The molecule has 1 saturated heterocycles. The van der Waals surface area contributed by atoms with E-state index in [1.165, 1.54) is 0 Å². The maximum Gasteiger partial charge on any atom is 0.240 e. The highest BCUT2D eigenvalue weighted by Crippen LogP contribution is 2.30. The topological polar surface area (TPSA) is 58.2 Å². The SMILES string of the molecule is Cc1cc(S(=O)(=O)NCC2NCCCC2(C)C)ccc1Br. The molecule has 0 radical (unpaired) electrons. The Bertz CT molecular complexity index is 614. The zero-order chi connectivity index (χ0) is 15.7. The molecule has 4 nitrogen and oxygen atoms in total. The van der Waals surface area contributed by atoms with E-state index < -0.39 is 10.0 Å². The van der Waals surface area contributed by atoms with Crippen molar-refractivity contribution in [1.82, 2.24) is 10.0 Å². The lowest BCUT2D eigenvalue weighted by molar-refractivity contribution is 0.181. The summed E-state index contributed by atoms with van der Waals surface area (Å²) in [7, 11) is -3.46. The lowest BCUT2D eigenvalue weighted by Crippen LogP contribution is -2.52. The lowest BCUT2D eigenvalue weighted by Gasteiger charge is -2.39. The molecule has 1 heterocycles. The van der Waals surface area contributed by atoms with Gasteiger partial charge in [-0.05, 0) is 55.5 Å². The highest BCUT2D eigenvalue weighted by Gasteiger charge is 2.32. The van der Waals surface area contributed by atoms with Crippen molar-refractivity contribution in [2.75, 3.05) is 13.1 Å². The highest BCUT2D eigenvalue weighted by atomic mass is 79.9. The molecule has 6 heteroatoms. The predicted molar refractivity (Wildman–Crippen MR) is 88.9 cm³/mol. The molecule has 2 N–H and O–H groups in total. The quantitative estimate of drug-likeness (QED) is 0.851. The minimum absolute atomic E-state index is 0.108. The van der Waals surface area contributed by atoms with Crippen molar-refractivity contribution in [3.05, 3.63) is 28.2 Å². The minimum atomic E-state index is -3.46. The minimum Gasteiger partial charge on any atom is -0.312 e. The van der Waals surface area contributed by atoms with Gasteiger partial charge in [0.1, 0.15) is 0 Å². The van der Waals surface area contributed by atoms with E-state index in [0.29, 0.717) is 11.4 Å². The van der Waals surface area contributed by atoms with Crippen LogP contribution in [0.15, 0.2) is 27.6 Å². The van der Waals surface area contributed by atoms with Crippen LogP contribution in [0.25, 0.3) is 0 Å². The fourth-order valence-electron chi connectivity index (χ4n) is 2.68. The van der Waals surface area contributed by atoms with Gasteiger partial charge in [-0.15, -0.1) is 0 Å². The van der Waals surface area contributed by atoms with Crippen LogP contribution in [-0.2, 0) is 10.0 Å². The molecule has 2 rings (SSSR count). The molecule has 1 atom stereocenters. The largest absolute Gasteiger partial charge is 0.312 e. The van der Waals surface area contributed by atoms with Gasteiger partial charge in [0.15, 0.2) is 0 Å². The van der Waals surface area contributed by atoms with E-state index in [9.17, 15) is 8.42 Å². The fraction of sp³-hybridized carbons (Fsp3) is 0.600. The molecule has 0 bridgehead atoms. The third-order valence-corrected chi connectivity index (χ3v) is 6.56. The summed E-state index contributed by atoms with van der Waals surface area (Å²) in [6.07, 6.45) is 2.26. The normalized spacial score (nSPS) is 22.2. The second-order valence-corrected chi connectivity index (χ2v) is 8.98. The van der Waals surface area contributed by atoms with Gasteiger partial charge in [-0.25, -0.2) is 13.1 Å². The number of rotatable bonds is 4. The molecular formula is C15H23BrN2O2S. The van der Waals surface area contributed by atoms with Crippen LogP contribution in [0.3, 0.4) is 0 Å². The van der Waals surface area contributed by atoms with Gasteiger partial charge < -0.3 is 5.32 Å². The van der Waals surface area contributed by atoms with Crippen LogP contribution in [0.1, 0.15) is 32.3 Å². The third-order valence-electron chi connectivity index (χ3n) is 4.25. The average molecular weight is 375 g/mol. The van der Waals surface area contributed by atoms with Gasteiger partial charge in [0.05, 0.1) is 4.90 Å². The summed E-state index contributed by atoms with van der Waals surface area (Å²) in [6, 6.07) is 5.25. The molecule has 1 unspecified atom stereocenters. The summed E-state index contributed by atoms with van der Waals surface area (Å²) < 4.78 is 28.4. The molecule has 118 valence electrons. The molecule has 1 fully saturated rings. The first-order valence-corrected chi connectivity index (χ1v) is 9.49.